The Morgan fingerprint density at radius 1 is 1.17 bits per heavy atom. The van der Waals surface area contributed by atoms with E-state index in [1.807, 2.05) is 13.0 Å². The van der Waals surface area contributed by atoms with Crippen LogP contribution in [0, 0.1) is 6.92 Å². The van der Waals surface area contributed by atoms with E-state index in [0.29, 0.717) is 12.1 Å². The number of hydrogen-bond donors (Lipinski definition) is 2. The standard InChI is InChI=1S/C19H22N2O3/c1-4-13-7-16-14(8-19(23)24-18(16)9-17(13)22)10-20-11-15-6-5-12(2)21(15)3/h5-9,20,22H,4,10-11H2,1-3H3/p+1. The molecule has 0 unspecified atom stereocenters. The van der Waals surface area contributed by atoms with Gasteiger partial charge in [0, 0.05) is 35.8 Å². The molecule has 0 saturated heterocycles. The molecule has 5 nitrogen and oxygen atoms in total. The van der Waals surface area contributed by atoms with Gasteiger partial charge in [-0.25, -0.2) is 4.79 Å². The summed E-state index contributed by atoms with van der Waals surface area (Å²) in [6.07, 6.45) is 0.729. The lowest BCUT2D eigenvalue weighted by Crippen LogP contribution is -2.81. The highest BCUT2D eigenvalue weighted by Crippen LogP contribution is 2.26. The summed E-state index contributed by atoms with van der Waals surface area (Å²) in [6.45, 7) is 5.59. The topological polar surface area (TPSA) is 72.0 Å². The molecule has 3 N–H and O–H groups in total. The third-order valence-corrected chi connectivity index (χ3v) is 4.60. The van der Waals surface area contributed by atoms with Gasteiger partial charge in [0.25, 0.3) is 0 Å². The van der Waals surface area contributed by atoms with E-state index in [1.165, 1.54) is 11.4 Å². The van der Waals surface area contributed by atoms with Gasteiger partial charge in [0.05, 0.1) is 5.69 Å². The van der Waals surface area contributed by atoms with Crippen LogP contribution in [0.3, 0.4) is 0 Å². The van der Waals surface area contributed by atoms with Crippen LogP contribution in [0.25, 0.3) is 11.0 Å². The number of nitrogens with two attached hydrogens (primary N) is 1. The zero-order chi connectivity index (χ0) is 17.3. The number of aryl methyl sites for hydroxylation is 2. The minimum absolute atomic E-state index is 0.175. The van der Waals surface area contributed by atoms with E-state index in [0.717, 1.165) is 29.5 Å². The molecule has 0 atom stereocenters. The lowest BCUT2D eigenvalue weighted by Gasteiger charge is -2.09. The van der Waals surface area contributed by atoms with Crippen molar-refractivity contribution in [3.05, 3.63) is 63.3 Å². The number of fused-ring (bicyclic) bond motifs is 1. The summed E-state index contributed by atoms with van der Waals surface area (Å²) < 4.78 is 7.40. The highest BCUT2D eigenvalue weighted by Gasteiger charge is 2.11. The van der Waals surface area contributed by atoms with Gasteiger partial charge in [-0.15, -0.1) is 0 Å². The summed E-state index contributed by atoms with van der Waals surface area (Å²) in [6, 6.07) is 9.23. The molecule has 0 amide bonds. The van der Waals surface area contributed by atoms with E-state index in [2.05, 4.69) is 36.0 Å². The number of phenolic OH excluding ortho intramolecular Hbond substituents is 1. The molecule has 0 aliphatic heterocycles. The SMILES string of the molecule is CCc1cc2c(C[NH2+]Cc3ccc(C)n3C)cc(=O)oc2cc1O. The Kier molecular flexibility index (Phi) is 4.44. The van der Waals surface area contributed by atoms with Gasteiger partial charge >= 0.3 is 5.63 Å². The van der Waals surface area contributed by atoms with Crippen LogP contribution >= 0.6 is 0 Å². The van der Waals surface area contributed by atoms with Crippen molar-refractivity contribution in [3.63, 3.8) is 0 Å². The zero-order valence-corrected chi connectivity index (χ0v) is 14.3. The van der Waals surface area contributed by atoms with Crippen molar-refractivity contribution >= 4 is 11.0 Å². The van der Waals surface area contributed by atoms with Crippen molar-refractivity contribution in [2.24, 2.45) is 7.05 Å². The fourth-order valence-corrected chi connectivity index (χ4v) is 3.01. The van der Waals surface area contributed by atoms with Crippen molar-refractivity contribution in [3.8, 4) is 5.75 Å². The number of aromatic hydroxyl groups is 1. The second kappa shape index (κ2) is 6.53. The smallest absolute Gasteiger partial charge is 0.336 e. The Hall–Kier alpha value is -2.53. The van der Waals surface area contributed by atoms with Crippen LogP contribution in [0.15, 0.2) is 39.5 Å². The van der Waals surface area contributed by atoms with Gasteiger partial charge in [0.1, 0.15) is 24.4 Å². The summed E-state index contributed by atoms with van der Waals surface area (Å²) in [4.78, 5) is 11.8. The molecular weight excluding hydrogens is 304 g/mol. The Morgan fingerprint density at radius 2 is 1.96 bits per heavy atom. The zero-order valence-electron chi connectivity index (χ0n) is 14.3. The first-order valence-electron chi connectivity index (χ1n) is 8.21. The number of quaternary nitrogens is 1. The first kappa shape index (κ1) is 16.3. The van der Waals surface area contributed by atoms with E-state index in [4.69, 9.17) is 4.42 Å². The normalized spacial score (nSPS) is 11.3. The van der Waals surface area contributed by atoms with E-state index < -0.39 is 0 Å². The maximum absolute atomic E-state index is 11.8. The fourth-order valence-electron chi connectivity index (χ4n) is 3.01. The summed E-state index contributed by atoms with van der Waals surface area (Å²) in [5.41, 5.74) is 4.32. The second-order valence-electron chi connectivity index (χ2n) is 6.14. The molecule has 0 radical (unpaired) electrons. The number of hydrogen-bond acceptors (Lipinski definition) is 3. The molecule has 5 heteroatoms. The quantitative estimate of drug-likeness (QED) is 0.704. The highest BCUT2D eigenvalue weighted by atomic mass is 16.4. The lowest BCUT2D eigenvalue weighted by atomic mass is 10.0. The summed E-state index contributed by atoms with van der Waals surface area (Å²) >= 11 is 0. The predicted octanol–water partition coefficient (Wildman–Crippen LogP) is 1.97. The molecule has 1 aromatic carbocycles. The lowest BCUT2D eigenvalue weighted by molar-refractivity contribution is -0.686. The van der Waals surface area contributed by atoms with Crippen LogP contribution in [0.4, 0.5) is 0 Å². The van der Waals surface area contributed by atoms with Crippen molar-refractivity contribution < 1.29 is 14.8 Å². The van der Waals surface area contributed by atoms with Crippen LogP contribution in [0.1, 0.15) is 29.4 Å². The first-order chi connectivity index (χ1) is 11.5. The van der Waals surface area contributed by atoms with Crippen LogP contribution < -0.4 is 10.9 Å². The van der Waals surface area contributed by atoms with Gasteiger partial charge in [-0.2, -0.15) is 0 Å². The first-order valence-corrected chi connectivity index (χ1v) is 8.21. The number of aromatic nitrogens is 1. The van der Waals surface area contributed by atoms with Gasteiger partial charge in [-0.3, -0.25) is 0 Å². The van der Waals surface area contributed by atoms with Gasteiger partial charge < -0.3 is 19.4 Å². The highest BCUT2D eigenvalue weighted by molar-refractivity contribution is 5.82. The predicted molar refractivity (Wildman–Crippen MR) is 93.0 cm³/mol. The van der Waals surface area contributed by atoms with Gasteiger partial charge in [-0.05, 0) is 37.1 Å². The maximum atomic E-state index is 11.8. The number of phenols is 1. The molecule has 0 bridgehead atoms. The summed E-state index contributed by atoms with van der Waals surface area (Å²) in [7, 11) is 2.06. The van der Waals surface area contributed by atoms with E-state index in [1.54, 1.807) is 12.1 Å². The maximum Gasteiger partial charge on any atom is 0.336 e. The van der Waals surface area contributed by atoms with Crippen molar-refractivity contribution in [2.45, 2.75) is 33.4 Å². The Bertz CT molecular complexity index is 938. The molecule has 126 valence electrons. The molecule has 0 fully saturated rings. The Morgan fingerprint density at radius 3 is 2.62 bits per heavy atom. The van der Waals surface area contributed by atoms with Gasteiger partial charge in [0.2, 0.25) is 0 Å². The number of rotatable bonds is 5. The molecule has 0 spiro atoms. The minimum Gasteiger partial charge on any atom is -0.508 e. The van der Waals surface area contributed by atoms with Crippen molar-refractivity contribution in [1.82, 2.24) is 4.57 Å². The molecule has 3 aromatic rings. The van der Waals surface area contributed by atoms with E-state index in [-0.39, 0.29) is 11.4 Å². The number of nitrogens with zero attached hydrogens (tertiary/aromatic N) is 1. The Balaban J connectivity index is 1.88. The van der Waals surface area contributed by atoms with Crippen molar-refractivity contribution in [2.75, 3.05) is 0 Å². The Labute approximate surface area is 140 Å². The average molecular weight is 327 g/mol. The molecule has 3 rings (SSSR count). The van der Waals surface area contributed by atoms with Crippen LogP contribution in [0.5, 0.6) is 5.75 Å². The second-order valence-corrected chi connectivity index (χ2v) is 6.14. The number of benzene rings is 1. The van der Waals surface area contributed by atoms with Crippen molar-refractivity contribution in [1.29, 1.82) is 0 Å². The molecule has 2 aromatic heterocycles. The minimum atomic E-state index is -0.385. The molecule has 0 saturated carbocycles. The van der Waals surface area contributed by atoms with Crippen LogP contribution in [0.2, 0.25) is 0 Å². The molecule has 0 aliphatic carbocycles. The third kappa shape index (κ3) is 3.08. The van der Waals surface area contributed by atoms with Gasteiger partial charge in [0.15, 0.2) is 0 Å². The monoisotopic (exact) mass is 327 g/mol. The third-order valence-electron chi connectivity index (χ3n) is 4.60. The van der Waals surface area contributed by atoms with E-state index >= 15 is 0 Å². The van der Waals surface area contributed by atoms with E-state index in [9.17, 15) is 9.90 Å². The largest absolute Gasteiger partial charge is 0.508 e. The van der Waals surface area contributed by atoms with Crippen LogP contribution in [-0.2, 0) is 26.6 Å². The summed E-state index contributed by atoms with van der Waals surface area (Å²) in [5, 5.41) is 13.0. The molecular formula is C19H23N2O3+. The summed E-state index contributed by atoms with van der Waals surface area (Å²) in [5.74, 6) is 0.175. The molecule has 0 aliphatic rings. The molecule has 24 heavy (non-hydrogen) atoms. The van der Waals surface area contributed by atoms with Crippen LogP contribution in [-0.4, -0.2) is 9.67 Å². The van der Waals surface area contributed by atoms with Gasteiger partial charge in [-0.1, -0.05) is 6.92 Å². The average Bonchev–Trinajstić information content (AvgIpc) is 2.86. The molecule has 2 heterocycles. The fraction of sp³-hybridized carbons (Fsp3) is 0.316.